The average molecular weight is 432 g/mol. The van der Waals surface area contributed by atoms with Gasteiger partial charge in [0.1, 0.15) is 12.1 Å². The molecule has 0 aromatic heterocycles. The summed E-state index contributed by atoms with van der Waals surface area (Å²) < 4.78 is 0. The van der Waals surface area contributed by atoms with Crippen LogP contribution < -0.4 is 9.80 Å². The van der Waals surface area contributed by atoms with E-state index in [0.717, 1.165) is 0 Å². The van der Waals surface area contributed by atoms with Crippen LogP contribution in [0.25, 0.3) is 0 Å². The highest BCUT2D eigenvalue weighted by atomic mass is 35.5. The Morgan fingerprint density at radius 1 is 0.654 bits per heavy atom. The second-order valence-electron chi connectivity index (χ2n) is 5.97. The molecule has 1 saturated heterocycles. The van der Waals surface area contributed by atoms with Gasteiger partial charge in [-0.25, -0.2) is 0 Å². The van der Waals surface area contributed by atoms with Crippen LogP contribution in [0.15, 0.2) is 36.4 Å². The van der Waals surface area contributed by atoms with E-state index in [1.54, 1.807) is 50.2 Å². The molecule has 0 N–H and O–H groups in total. The molecule has 0 spiro atoms. The van der Waals surface area contributed by atoms with E-state index in [4.69, 9.17) is 46.4 Å². The predicted molar refractivity (Wildman–Crippen MR) is 107 cm³/mol. The van der Waals surface area contributed by atoms with Crippen molar-refractivity contribution < 1.29 is 9.59 Å². The van der Waals surface area contributed by atoms with Gasteiger partial charge in [-0.05, 0) is 50.2 Å². The number of halogens is 4. The zero-order valence-corrected chi connectivity index (χ0v) is 16.9. The topological polar surface area (TPSA) is 40.6 Å². The number of anilines is 2. The Balaban J connectivity index is 2.00. The molecule has 1 aliphatic rings. The first-order valence-electron chi connectivity index (χ1n) is 7.78. The molecule has 2 aromatic carbocycles. The van der Waals surface area contributed by atoms with Gasteiger partial charge in [0.15, 0.2) is 0 Å². The fraction of sp³-hybridized carbons (Fsp3) is 0.222. The predicted octanol–water partition coefficient (Wildman–Crippen LogP) is 5.46. The molecule has 2 aromatic rings. The standard InChI is InChI=1S/C18H14Cl4N2O2/c1-9-17(25)24(12-4-6-14(20)16(22)8-12)10(2)18(26)23(9)11-3-5-13(19)15(21)7-11/h3-10H,1-2H3. The third-order valence-electron chi connectivity index (χ3n) is 4.33. The molecule has 136 valence electrons. The molecule has 2 amide bonds. The van der Waals surface area contributed by atoms with E-state index >= 15 is 0 Å². The molecule has 4 nitrogen and oxygen atoms in total. The van der Waals surface area contributed by atoms with Gasteiger partial charge in [-0.15, -0.1) is 0 Å². The fourth-order valence-electron chi connectivity index (χ4n) is 2.98. The van der Waals surface area contributed by atoms with E-state index in [2.05, 4.69) is 0 Å². The molecule has 3 rings (SSSR count). The van der Waals surface area contributed by atoms with Crippen molar-refractivity contribution in [2.24, 2.45) is 0 Å². The smallest absolute Gasteiger partial charge is 0.250 e. The van der Waals surface area contributed by atoms with E-state index in [0.29, 0.717) is 31.5 Å². The van der Waals surface area contributed by atoms with Gasteiger partial charge >= 0.3 is 0 Å². The van der Waals surface area contributed by atoms with Gasteiger partial charge < -0.3 is 0 Å². The fourth-order valence-corrected chi connectivity index (χ4v) is 3.56. The van der Waals surface area contributed by atoms with Crippen LogP contribution in [0.2, 0.25) is 20.1 Å². The van der Waals surface area contributed by atoms with E-state index in [1.165, 1.54) is 9.80 Å². The van der Waals surface area contributed by atoms with Gasteiger partial charge in [0.05, 0.1) is 20.1 Å². The molecule has 2 unspecified atom stereocenters. The Hall–Kier alpha value is -1.46. The molecule has 1 heterocycles. The van der Waals surface area contributed by atoms with Crippen molar-refractivity contribution in [3.63, 3.8) is 0 Å². The summed E-state index contributed by atoms with van der Waals surface area (Å²) in [5, 5.41) is 1.39. The van der Waals surface area contributed by atoms with Crippen LogP contribution in [0.3, 0.4) is 0 Å². The molecule has 2 atom stereocenters. The van der Waals surface area contributed by atoms with Gasteiger partial charge in [-0.3, -0.25) is 19.4 Å². The van der Waals surface area contributed by atoms with Crippen LogP contribution >= 0.6 is 46.4 Å². The number of carbonyl (C=O) groups excluding carboxylic acids is 2. The van der Waals surface area contributed by atoms with Crippen molar-refractivity contribution in [3.05, 3.63) is 56.5 Å². The SMILES string of the molecule is CC1C(=O)N(c2ccc(Cl)c(Cl)c2)C(C)C(=O)N1c1ccc(Cl)c(Cl)c1. The third-order valence-corrected chi connectivity index (χ3v) is 5.81. The molecule has 0 radical (unpaired) electrons. The largest absolute Gasteiger partial charge is 0.298 e. The highest BCUT2D eigenvalue weighted by Crippen LogP contribution is 2.34. The van der Waals surface area contributed by atoms with Crippen LogP contribution in [0.4, 0.5) is 11.4 Å². The third kappa shape index (κ3) is 3.27. The number of hydrogen-bond donors (Lipinski definition) is 0. The summed E-state index contributed by atoms with van der Waals surface area (Å²) >= 11 is 24.0. The first-order chi connectivity index (χ1) is 12.2. The maximum absolute atomic E-state index is 13.0. The molecule has 1 fully saturated rings. The summed E-state index contributed by atoms with van der Waals surface area (Å²) in [5.41, 5.74) is 1.04. The first-order valence-corrected chi connectivity index (χ1v) is 9.29. The van der Waals surface area contributed by atoms with Crippen LogP contribution in [-0.2, 0) is 9.59 Å². The van der Waals surface area contributed by atoms with Crippen molar-refractivity contribution in [2.75, 3.05) is 9.80 Å². The number of benzene rings is 2. The summed E-state index contributed by atoms with van der Waals surface area (Å²) in [4.78, 5) is 28.9. The number of hydrogen-bond acceptors (Lipinski definition) is 2. The molecule has 26 heavy (non-hydrogen) atoms. The zero-order chi connectivity index (χ0) is 19.2. The monoisotopic (exact) mass is 430 g/mol. The molecular weight excluding hydrogens is 418 g/mol. The summed E-state index contributed by atoms with van der Waals surface area (Å²) in [7, 11) is 0. The van der Waals surface area contributed by atoms with Crippen molar-refractivity contribution in [1.82, 2.24) is 0 Å². The summed E-state index contributed by atoms with van der Waals surface area (Å²) in [6.45, 7) is 3.33. The highest BCUT2D eigenvalue weighted by Gasteiger charge is 2.43. The van der Waals surface area contributed by atoms with Gasteiger partial charge in [0, 0.05) is 11.4 Å². The quantitative estimate of drug-likeness (QED) is 0.633. The maximum Gasteiger partial charge on any atom is 0.250 e. The first kappa shape index (κ1) is 19.3. The normalized spacial score (nSPS) is 20.7. The molecule has 0 saturated carbocycles. The van der Waals surface area contributed by atoms with E-state index < -0.39 is 12.1 Å². The summed E-state index contributed by atoms with van der Waals surface area (Å²) in [6, 6.07) is 8.24. The van der Waals surface area contributed by atoms with Crippen molar-refractivity contribution in [2.45, 2.75) is 25.9 Å². The molecule has 0 aliphatic carbocycles. The lowest BCUT2D eigenvalue weighted by atomic mass is 10.0. The van der Waals surface area contributed by atoms with Gasteiger partial charge in [0.2, 0.25) is 0 Å². The van der Waals surface area contributed by atoms with Crippen molar-refractivity contribution in [3.8, 4) is 0 Å². The lowest BCUT2D eigenvalue weighted by Crippen LogP contribution is -2.63. The minimum Gasteiger partial charge on any atom is -0.298 e. The van der Waals surface area contributed by atoms with E-state index in [1.807, 2.05) is 0 Å². The number of rotatable bonds is 2. The van der Waals surface area contributed by atoms with Gasteiger partial charge in [-0.2, -0.15) is 0 Å². The number of carbonyl (C=O) groups is 2. The Morgan fingerprint density at radius 2 is 1.00 bits per heavy atom. The van der Waals surface area contributed by atoms with Gasteiger partial charge in [0.25, 0.3) is 11.8 Å². The van der Waals surface area contributed by atoms with E-state index in [-0.39, 0.29) is 11.8 Å². The average Bonchev–Trinajstić information content (AvgIpc) is 2.60. The Morgan fingerprint density at radius 3 is 1.31 bits per heavy atom. The lowest BCUT2D eigenvalue weighted by molar-refractivity contribution is -0.130. The molecule has 1 aliphatic heterocycles. The Kier molecular flexibility index (Phi) is 5.40. The van der Waals surface area contributed by atoms with Crippen LogP contribution in [0.1, 0.15) is 13.8 Å². The van der Waals surface area contributed by atoms with Crippen molar-refractivity contribution >= 4 is 69.6 Å². The molecular formula is C18H14Cl4N2O2. The minimum atomic E-state index is -0.717. The summed E-state index contributed by atoms with van der Waals surface area (Å²) in [5.74, 6) is -0.469. The second kappa shape index (κ2) is 7.28. The Bertz CT molecular complexity index is 829. The summed E-state index contributed by atoms with van der Waals surface area (Å²) in [6.07, 6.45) is 0. The number of nitrogens with zero attached hydrogens (tertiary/aromatic N) is 2. The van der Waals surface area contributed by atoms with Crippen LogP contribution in [0, 0.1) is 0 Å². The molecule has 0 bridgehead atoms. The highest BCUT2D eigenvalue weighted by molar-refractivity contribution is 6.42. The Labute approximate surface area is 171 Å². The van der Waals surface area contributed by atoms with Crippen LogP contribution in [-0.4, -0.2) is 23.9 Å². The van der Waals surface area contributed by atoms with Gasteiger partial charge in [-0.1, -0.05) is 46.4 Å². The minimum absolute atomic E-state index is 0.235. The zero-order valence-electron chi connectivity index (χ0n) is 13.8. The van der Waals surface area contributed by atoms with E-state index in [9.17, 15) is 9.59 Å². The lowest BCUT2D eigenvalue weighted by Gasteiger charge is -2.42. The van der Waals surface area contributed by atoms with Crippen LogP contribution in [0.5, 0.6) is 0 Å². The number of amides is 2. The second-order valence-corrected chi connectivity index (χ2v) is 7.59. The number of piperazine rings is 1. The maximum atomic E-state index is 13.0. The molecule has 8 heteroatoms. The van der Waals surface area contributed by atoms with Crippen molar-refractivity contribution in [1.29, 1.82) is 0 Å².